The van der Waals surface area contributed by atoms with E-state index in [1.54, 1.807) is 13.0 Å². The van der Waals surface area contributed by atoms with Crippen LogP contribution in [0.4, 0.5) is 4.39 Å². The van der Waals surface area contributed by atoms with Gasteiger partial charge in [-0.25, -0.2) is 22.1 Å². The molecule has 0 aliphatic carbocycles. The SMILES string of the molecule is CCS(=O)(=O)N1CCC(Oc2nc3ccc(F)cc3s2)CC1. The number of ether oxygens (including phenoxy) is 1. The van der Waals surface area contributed by atoms with Crippen LogP contribution in [0.5, 0.6) is 5.19 Å². The number of benzene rings is 1. The van der Waals surface area contributed by atoms with Gasteiger partial charge in [0.2, 0.25) is 10.0 Å². The van der Waals surface area contributed by atoms with Crippen molar-refractivity contribution >= 4 is 31.6 Å². The van der Waals surface area contributed by atoms with E-state index >= 15 is 0 Å². The lowest BCUT2D eigenvalue weighted by Crippen LogP contribution is -2.42. The average Bonchev–Trinajstić information content (AvgIpc) is 2.89. The third-order valence-corrected chi connectivity index (χ3v) is 6.55. The zero-order valence-electron chi connectivity index (χ0n) is 12.2. The van der Waals surface area contributed by atoms with Gasteiger partial charge in [-0.15, -0.1) is 0 Å². The molecule has 1 saturated heterocycles. The van der Waals surface area contributed by atoms with Crippen LogP contribution >= 0.6 is 11.3 Å². The van der Waals surface area contributed by atoms with E-state index in [2.05, 4.69) is 4.98 Å². The Morgan fingerprint density at radius 2 is 2.14 bits per heavy atom. The van der Waals surface area contributed by atoms with Crippen LogP contribution in [0.25, 0.3) is 10.2 Å². The molecule has 2 heterocycles. The molecule has 0 spiro atoms. The lowest BCUT2D eigenvalue weighted by Gasteiger charge is -2.30. The Kier molecular flexibility index (Phi) is 4.33. The summed E-state index contributed by atoms with van der Waals surface area (Å²) >= 11 is 1.31. The molecule has 0 amide bonds. The molecule has 1 fully saturated rings. The quantitative estimate of drug-likeness (QED) is 0.855. The van der Waals surface area contributed by atoms with E-state index in [0.29, 0.717) is 36.6 Å². The van der Waals surface area contributed by atoms with E-state index in [0.717, 1.165) is 4.70 Å². The summed E-state index contributed by atoms with van der Waals surface area (Å²) in [5.74, 6) is -0.164. The maximum Gasteiger partial charge on any atom is 0.274 e. The topological polar surface area (TPSA) is 59.5 Å². The number of hydrogen-bond donors (Lipinski definition) is 0. The van der Waals surface area contributed by atoms with Crippen molar-refractivity contribution in [1.29, 1.82) is 0 Å². The molecule has 22 heavy (non-hydrogen) atoms. The molecule has 2 aromatic rings. The highest BCUT2D eigenvalue weighted by Gasteiger charge is 2.28. The molecule has 0 N–H and O–H groups in total. The van der Waals surface area contributed by atoms with Gasteiger partial charge in [-0.1, -0.05) is 11.3 Å². The van der Waals surface area contributed by atoms with E-state index in [1.165, 1.54) is 27.8 Å². The van der Waals surface area contributed by atoms with Crippen molar-refractivity contribution in [2.75, 3.05) is 18.8 Å². The molecule has 1 aromatic heterocycles. The zero-order chi connectivity index (χ0) is 15.7. The van der Waals surface area contributed by atoms with Gasteiger partial charge in [0, 0.05) is 13.1 Å². The highest BCUT2D eigenvalue weighted by Crippen LogP contribution is 2.30. The number of halogens is 1. The second-order valence-corrected chi connectivity index (χ2v) is 8.46. The molecule has 120 valence electrons. The maximum atomic E-state index is 13.2. The molecule has 0 unspecified atom stereocenters. The second-order valence-electron chi connectivity index (χ2n) is 5.21. The molecule has 5 nitrogen and oxygen atoms in total. The van der Waals surface area contributed by atoms with Gasteiger partial charge in [0.25, 0.3) is 5.19 Å². The van der Waals surface area contributed by atoms with Crippen molar-refractivity contribution in [1.82, 2.24) is 9.29 Å². The van der Waals surface area contributed by atoms with Crippen molar-refractivity contribution in [3.05, 3.63) is 24.0 Å². The maximum absolute atomic E-state index is 13.2. The highest BCUT2D eigenvalue weighted by atomic mass is 32.2. The summed E-state index contributed by atoms with van der Waals surface area (Å²) in [6.45, 7) is 2.60. The van der Waals surface area contributed by atoms with E-state index in [1.807, 2.05) is 0 Å². The summed E-state index contributed by atoms with van der Waals surface area (Å²) in [5, 5.41) is 0.511. The Labute approximate surface area is 132 Å². The molecule has 0 atom stereocenters. The minimum Gasteiger partial charge on any atom is -0.467 e. The van der Waals surface area contributed by atoms with Crippen LogP contribution in [0.15, 0.2) is 18.2 Å². The first kappa shape index (κ1) is 15.6. The molecule has 0 saturated carbocycles. The summed E-state index contributed by atoms with van der Waals surface area (Å²) in [7, 11) is -3.12. The van der Waals surface area contributed by atoms with Crippen LogP contribution in [0.1, 0.15) is 19.8 Å². The van der Waals surface area contributed by atoms with Gasteiger partial charge in [0.15, 0.2) is 0 Å². The molecule has 8 heteroatoms. The Bertz CT molecular complexity index is 767. The number of nitrogens with zero attached hydrogens (tertiary/aromatic N) is 2. The number of piperidine rings is 1. The number of thiazole rings is 1. The van der Waals surface area contributed by atoms with Gasteiger partial charge in [0.1, 0.15) is 11.9 Å². The highest BCUT2D eigenvalue weighted by molar-refractivity contribution is 7.89. The molecular weight excluding hydrogens is 327 g/mol. The van der Waals surface area contributed by atoms with Crippen LogP contribution in [0, 0.1) is 5.82 Å². The fourth-order valence-corrected chi connectivity index (χ4v) is 4.52. The predicted molar refractivity (Wildman–Crippen MR) is 84.3 cm³/mol. The standard InChI is InChI=1S/C14H17FN2O3S2/c1-2-22(18,19)17-7-5-11(6-8-17)20-14-16-12-4-3-10(15)9-13(12)21-14/h3-4,9,11H,2,5-8H2,1H3. The monoisotopic (exact) mass is 344 g/mol. The minimum atomic E-state index is -3.12. The van der Waals surface area contributed by atoms with Gasteiger partial charge in [-0.2, -0.15) is 0 Å². The molecule has 0 bridgehead atoms. The van der Waals surface area contributed by atoms with Crippen molar-refractivity contribution in [2.24, 2.45) is 0 Å². The van der Waals surface area contributed by atoms with E-state index < -0.39 is 10.0 Å². The minimum absolute atomic E-state index is 0.0475. The smallest absolute Gasteiger partial charge is 0.274 e. The summed E-state index contributed by atoms with van der Waals surface area (Å²) in [4.78, 5) is 4.33. The first-order valence-corrected chi connectivity index (χ1v) is 9.61. The first-order valence-electron chi connectivity index (χ1n) is 7.18. The fraction of sp³-hybridized carbons (Fsp3) is 0.500. The molecule has 0 radical (unpaired) electrons. The van der Waals surface area contributed by atoms with Gasteiger partial charge < -0.3 is 4.74 Å². The van der Waals surface area contributed by atoms with Gasteiger partial charge in [-0.3, -0.25) is 0 Å². The number of rotatable bonds is 4. The van der Waals surface area contributed by atoms with Crippen LogP contribution in [-0.4, -0.2) is 42.7 Å². The number of hydrogen-bond acceptors (Lipinski definition) is 5. The second kappa shape index (κ2) is 6.10. The largest absolute Gasteiger partial charge is 0.467 e. The molecular formula is C14H17FN2O3S2. The van der Waals surface area contributed by atoms with Crippen LogP contribution in [0.3, 0.4) is 0 Å². The van der Waals surface area contributed by atoms with Gasteiger partial charge >= 0.3 is 0 Å². The Balaban J connectivity index is 1.64. The number of aromatic nitrogens is 1. The number of fused-ring (bicyclic) bond motifs is 1. The van der Waals surface area contributed by atoms with Crippen LogP contribution in [0.2, 0.25) is 0 Å². The first-order chi connectivity index (χ1) is 10.5. The normalized spacial score (nSPS) is 17.9. The van der Waals surface area contributed by atoms with Crippen LogP contribution in [-0.2, 0) is 10.0 Å². The van der Waals surface area contributed by atoms with Crippen molar-refractivity contribution in [2.45, 2.75) is 25.9 Å². The van der Waals surface area contributed by atoms with E-state index in [4.69, 9.17) is 4.74 Å². The predicted octanol–water partition coefficient (Wildman–Crippen LogP) is 2.63. The molecule has 1 aliphatic heterocycles. The summed E-state index contributed by atoms with van der Waals surface area (Å²) in [6.07, 6.45) is 1.24. The summed E-state index contributed by atoms with van der Waals surface area (Å²) in [6, 6.07) is 4.45. The van der Waals surface area contributed by atoms with Crippen molar-refractivity contribution in [3.63, 3.8) is 0 Å². The zero-order valence-corrected chi connectivity index (χ0v) is 13.8. The third-order valence-electron chi connectivity index (χ3n) is 3.76. The fourth-order valence-electron chi connectivity index (χ4n) is 2.48. The summed E-state index contributed by atoms with van der Waals surface area (Å²) < 4.78 is 44.9. The molecule has 1 aromatic carbocycles. The van der Waals surface area contributed by atoms with Crippen LogP contribution < -0.4 is 4.74 Å². The summed E-state index contributed by atoms with van der Waals surface area (Å²) in [5.41, 5.74) is 0.715. The number of sulfonamides is 1. The van der Waals surface area contributed by atoms with E-state index in [9.17, 15) is 12.8 Å². The lowest BCUT2D eigenvalue weighted by molar-refractivity contribution is 0.135. The Morgan fingerprint density at radius 1 is 1.41 bits per heavy atom. The van der Waals surface area contributed by atoms with Crippen molar-refractivity contribution < 1.29 is 17.5 Å². The average molecular weight is 344 g/mol. The van der Waals surface area contributed by atoms with Crippen molar-refractivity contribution in [3.8, 4) is 5.19 Å². The van der Waals surface area contributed by atoms with E-state index in [-0.39, 0.29) is 17.7 Å². The third kappa shape index (κ3) is 3.23. The lowest BCUT2D eigenvalue weighted by atomic mass is 10.1. The molecule has 3 rings (SSSR count). The van der Waals surface area contributed by atoms with Gasteiger partial charge in [0.05, 0.1) is 16.0 Å². The molecule has 1 aliphatic rings. The Morgan fingerprint density at radius 3 is 2.82 bits per heavy atom. The van der Waals surface area contributed by atoms with Gasteiger partial charge in [-0.05, 0) is 38.0 Å². The Hall–Kier alpha value is -1.25.